The number of nitrogens with one attached hydrogen (secondary N) is 2. The second-order valence-electron chi connectivity index (χ2n) is 6.12. The minimum atomic E-state index is -0.550. The molecular formula is C19H20FN3O2. The molecule has 6 heteroatoms. The topological polar surface area (TPSA) is 61.4 Å². The predicted octanol–water partition coefficient (Wildman–Crippen LogP) is 2.35. The molecule has 0 radical (unpaired) electrons. The van der Waals surface area contributed by atoms with E-state index in [0.717, 1.165) is 31.1 Å². The molecule has 1 aliphatic rings. The van der Waals surface area contributed by atoms with Crippen LogP contribution in [0.3, 0.4) is 0 Å². The van der Waals surface area contributed by atoms with E-state index in [4.69, 9.17) is 0 Å². The highest BCUT2D eigenvalue weighted by atomic mass is 19.1. The Morgan fingerprint density at radius 3 is 2.76 bits per heavy atom. The number of anilines is 1. The Morgan fingerprint density at radius 1 is 1.16 bits per heavy atom. The van der Waals surface area contributed by atoms with E-state index in [2.05, 4.69) is 16.9 Å². The van der Waals surface area contributed by atoms with Gasteiger partial charge >= 0.3 is 0 Å². The van der Waals surface area contributed by atoms with Crippen LogP contribution in [0.4, 0.5) is 10.1 Å². The molecular weight excluding hydrogens is 321 g/mol. The molecule has 5 nitrogen and oxygen atoms in total. The summed E-state index contributed by atoms with van der Waals surface area (Å²) in [5.41, 5.74) is 7.61. The molecule has 0 aromatic heterocycles. The Morgan fingerprint density at radius 2 is 1.96 bits per heavy atom. The van der Waals surface area contributed by atoms with Gasteiger partial charge in [-0.3, -0.25) is 20.4 Å². The van der Waals surface area contributed by atoms with Gasteiger partial charge in [0.25, 0.3) is 11.8 Å². The second kappa shape index (κ2) is 7.34. The predicted molar refractivity (Wildman–Crippen MR) is 93.7 cm³/mol. The fraction of sp³-hybridized carbons (Fsp3) is 0.263. The lowest BCUT2D eigenvalue weighted by Gasteiger charge is -2.30. The Balaban J connectivity index is 1.57. The number of carbonyl (C=O) groups is 2. The fourth-order valence-corrected chi connectivity index (χ4v) is 2.92. The molecule has 0 bridgehead atoms. The molecule has 2 amide bonds. The fourth-order valence-electron chi connectivity index (χ4n) is 2.92. The maximum absolute atomic E-state index is 13.5. The van der Waals surface area contributed by atoms with Crippen molar-refractivity contribution >= 4 is 17.5 Å². The van der Waals surface area contributed by atoms with Crippen molar-refractivity contribution in [1.29, 1.82) is 0 Å². The third-order valence-electron chi connectivity index (χ3n) is 4.29. The maximum atomic E-state index is 13.5. The molecule has 3 rings (SSSR count). The van der Waals surface area contributed by atoms with Crippen molar-refractivity contribution in [3.8, 4) is 0 Å². The molecule has 0 fully saturated rings. The number of benzene rings is 2. The zero-order valence-electron chi connectivity index (χ0n) is 14.0. The van der Waals surface area contributed by atoms with E-state index < -0.39 is 11.7 Å². The zero-order valence-corrected chi connectivity index (χ0v) is 14.0. The number of amides is 2. The van der Waals surface area contributed by atoms with Gasteiger partial charge in [0.2, 0.25) is 0 Å². The van der Waals surface area contributed by atoms with Gasteiger partial charge in [-0.05, 0) is 49.1 Å². The molecule has 2 aromatic rings. The lowest BCUT2D eigenvalue weighted by molar-refractivity contribution is -0.120. The monoisotopic (exact) mass is 341 g/mol. The summed E-state index contributed by atoms with van der Waals surface area (Å²) in [5, 5.41) is 0. The largest absolute Gasteiger partial charge is 0.362 e. The summed E-state index contributed by atoms with van der Waals surface area (Å²) in [6, 6.07) is 12.2. The van der Waals surface area contributed by atoms with Crippen LogP contribution in [-0.2, 0) is 11.2 Å². The third-order valence-corrected chi connectivity index (χ3v) is 4.29. The second-order valence-corrected chi connectivity index (χ2v) is 6.12. The van der Waals surface area contributed by atoms with E-state index >= 15 is 0 Å². The Kier molecular flexibility index (Phi) is 4.97. The molecule has 2 aromatic carbocycles. The van der Waals surface area contributed by atoms with Crippen molar-refractivity contribution in [2.45, 2.75) is 19.8 Å². The maximum Gasteiger partial charge on any atom is 0.269 e. The van der Waals surface area contributed by atoms with Crippen LogP contribution in [0, 0.1) is 12.7 Å². The van der Waals surface area contributed by atoms with Crippen molar-refractivity contribution in [2.24, 2.45) is 0 Å². The summed E-state index contributed by atoms with van der Waals surface area (Å²) in [6.45, 7) is 2.57. The Labute approximate surface area is 145 Å². The summed E-state index contributed by atoms with van der Waals surface area (Å²) < 4.78 is 13.5. The minimum absolute atomic E-state index is 0.152. The Bertz CT molecular complexity index is 807. The van der Waals surface area contributed by atoms with Crippen molar-refractivity contribution in [3.05, 3.63) is 65.0 Å². The normalized spacial score (nSPS) is 13.1. The van der Waals surface area contributed by atoms with Gasteiger partial charge in [0, 0.05) is 17.8 Å². The average molecular weight is 341 g/mol. The van der Waals surface area contributed by atoms with Gasteiger partial charge < -0.3 is 4.90 Å². The van der Waals surface area contributed by atoms with Gasteiger partial charge in [0.05, 0.1) is 6.54 Å². The number of nitrogens with zero attached hydrogens (tertiary/aromatic N) is 1. The van der Waals surface area contributed by atoms with Crippen molar-refractivity contribution in [2.75, 3.05) is 18.0 Å². The number of aryl methyl sites for hydroxylation is 2. The van der Waals surface area contributed by atoms with Gasteiger partial charge in [-0.1, -0.05) is 24.3 Å². The first-order valence-electron chi connectivity index (χ1n) is 8.23. The van der Waals surface area contributed by atoms with Crippen LogP contribution in [0.2, 0.25) is 0 Å². The van der Waals surface area contributed by atoms with Crippen LogP contribution in [-0.4, -0.2) is 24.9 Å². The first kappa shape index (κ1) is 17.0. The highest BCUT2D eigenvalue weighted by molar-refractivity contribution is 5.95. The van der Waals surface area contributed by atoms with Gasteiger partial charge in [0.15, 0.2) is 0 Å². The van der Waals surface area contributed by atoms with E-state index in [1.165, 1.54) is 17.7 Å². The van der Waals surface area contributed by atoms with E-state index in [9.17, 15) is 14.0 Å². The quantitative estimate of drug-likeness (QED) is 0.843. The molecule has 2 N–H and O–H groups in total. The van der Waals surface area contributed by atoms with Gasteiger partial charge in [-0.2, -0.15) is 0 Å². The number of hydrogen-bond donors (Lipinski definition) is 2. The molecule has 0 spiro atoms. The van der Waals surface area contributed by atoms with Gasteiger partial charge in [-0.15, -0.1) is 0 Å². The van der Waals surface area contributed by atoms with Crippen LogP contribution < -0.4 is 15.8 Å². The molecule has 0 unspecified atom stereocenters. The lowest BCUT2D eigenvalue weighted by atomic mass is 10.0. The number of carbonyl (C=O) groups excluding carboxylic acids is 2. The minimum Gasteiger partial charge on any atom is -0.362 e. The molecule has 0 saturated carbocycles. The summed E-state index contributed by atoms with van der Waals surface area (Å²) >= 11 is 0. The molecule has 0 atom stereocenters. The summed E-state index contributed by atoms with van der Waals surface area (Å²) in [5.74, 6) is -1.33. The van der Waals surface area contributed by atoms with Crippen LogP contribution in [0.25, 0.3) is 0 Å². The first-order valence-corrected chi connectivity index (χ1v) is 8.23. The van der Waals surface area contributed by atoms with Crippen molar-refractivity contribution in [1.82, 2.24) is 10.9 Å². The van der Waals surface area contributed by atoms with Crippen molar-refractivity contribution in [3.63, 3.8) is 0 Å². The van der Waals surface area contributed by atoms with E-state index in [1.54, 1.807) is 6.92 Å². The number of hydrogen-bond acceptors (Lipinski definition) is 3. The molecule has 0 saturated heterocycles. The smallest absolute Gasteiger partial charge is 0.269 e. The Hall–Kier alpha value is -2.89. The number of halogens is 1. The number of hydrazine groups is 1. The van der Waals surface area contributed by atoms with E-state index in [1.807, 2.05) is 23.1 Å². The standard InChI is InChI=1S/C19H20FN3O2/c1-13-8-9-15(11-16(13)20)19(25)22-21-18(24)12-23-10-4-6-14-5-2-3-7-17(14)23/h2-3,5,7-9,11H,4,6,10,12H2,1H3,(H,21,24)(H,22,25). The summed E-state index contributed by atoms with van der Waals surface area (Å²) in [4.78, 5) is 26.1. The molecule has 1 heterocycles. The highest BCUT2D eigenvalue weighted by Gasteiger charge is 2.19. The zero-order chi connectivity index (χ0) is 17.8. The molecule has 25 heavy (non-hydrogen) atoms. The van der Waals surface area contributed by atoms with Crippen LogP contribution in [0.1, 0.15) is 27.9 Å². The van der Waals surface area contributed by atoms with Crippen molar-refractivity contribution < 1.29 is 14.0 Å². The number of para-hydroxylation sites is 1. The first-order chi connectivity index (χ1) is 12.0. The summed E-state index contributed by atoms with van der Waals surface area (Å²) in [7, 11) is 0. The average Bonchev–Trinajstić information content (AvgIpc) is 2.62. The van der Waals surface area contributed by atoms with Gasteiger partial charge in [0.1, 0.15) is 5.82 Å². The van der Waals surface area contributed by atoms with E-state index in [0.29, 0.717) is 5.56 Å². The number of fused-ring (bicyclic) bond motifs is 1. The SMILES string of the molecule is Cc1ccc(C(=O)NNC(=O)CN2CCCc3ccccc32)cc1F. The number of rotatable bonds is 3. The van der Waals surface area contributed by atoms with Crippen LogP contribution >= 0.6 is 0 Å². The van der Waals surface area contributed by atoms with Gasteiger partial charge in [-0.25, -0.2) is 4.39 Å². The van der Waals surface area contributed by atoms with Crippen LogP contribution in [0.5, 0.6) is 0 Å². The van der Waals surface area contributed by atoms with Crippen LogP contribution in [0.15, 0.2) is 42.5 Å². The summed E-state index contributed by atoms with van der Waals surface area (Å²) in [6.07, 6.45) is 1.99. The molecule has 130 valence electrons. The molecule has 0 aliphatic carbocycles. The third kappa shape index (κ3) is 3.96. The highest BCUT2D eigenvalue weighted by Crippen LogP contribution is 2.26. The molecule has 1 aliphatic heterocycles. The lowest BCUT2D eigenvalue weighted by Crippen LogP contribution is -2.47. The van der Waals surface area contributed by atoms with E-state index in [-0.39, 0.29) is 18.0 Å².